The number of hydrogen-bond donors (Lipinski definition) is 1. The van der Waals surface area contributed by atoms with Crippen LogP contribution in [0.1, 0.15) is 48.5 Å². The number of nitrogens with zero attached hydrogens (tertiary/aromatic N) is 2. The fourth-order valence-electron chi connectivity index (χ4n) is 3.24. The summed E-state index contributed by atoms with van der Waals surface area (Å²) in [6.45, 7) is 2.01. The Bertz CT molecular complexity index is 511. The lowest BCUT2D eigenvalue weighted by Crippen LogP contribution is -2.24. The van der Waals surface area contributed by atoms with Gasteiger partial charge in [-0.05, 0) is 19.3 Å². The Morgan fingerprint density at radius 3 is 2.89 bits per heavy atom. The number of imidazole rings is 1. The van der Waals surface area contributed by atoms with E-state index in [9.17, 15) is 4.79 Å². The summed E-state index contributed by atoms with van der Waals surface area (Å²) < 4.78 is 12.6. The van der Waals surface area contributed by atoms with Crippen molar-refractivity contribution in [2.45, 2.75) is 50.9 Å². The van der Waals surface area contributed by atoms with Gasteiger partial charge in [0.25, 0.3) is 0 Å². The van der Waals surface area contributed by atoms with Crippen LogP contribution in [0.25, 0.3) is 0 Å². The number of anilines is 1. The molecule has 6 nitrogen and oxygen atoms in total. The standard InChI is InChI=1S/C13H19N3O3/c1-3-10-15-11(13(17)18-2)12(14)16(10)8-6-7-4-5-9(8)19-7/h7-9H,3-6,14H2,1-2H3. The maximum absolute atomic E-state index is 11.7. The highest BCUT2D eigenvalue weighted by Crippen LogP contribution is 2.43. The highest BCUT2D eigenvalue weighted by molar-refractivity contribution is 5.92. The Morgan fingerprint density at radius 2 is 2.37 bits per heavy atom. The van der Waals surface area contributed by atoms with E-state index in [1.54, 1.807) is 0 Å². The van der Waals surface area contributed by atoms with Crippen molar-refractivity contribution in [1.29, 1.82) is 0 Å². The van der Waals surface area contributed by atoms with Crippen LogP contribution in [0, 0.1) is 0 Å². The molecule has 19 heavy (non-hydrogen) atoms. The molecule has 3 rings (SSSR count). The van der Waals surface area contributed by atoms with Gasteiger partial charge >= 0.3 is 5.97 Å². The molecule has 3 heterocycles. The molecule has 0 radical (unpaired) electrons. The third kappa shape index (κ3) is 1.82. The van der Waals surface area contributed by atoms with Gasteiger partial charge in [-0.25, -0.2) is 9.78 Å². The van der Waals surface area contributed by atoms with Crippen molar-refractivity contribution in [3.63, 3.8) is 0 Å². The van der Waals surface area contributed by atoms with E-state index in [0.29, 0.717) is 11.9 Å². The first kappa shape index (κ1) is 12.5. The largest absolute Gasteiger partial charge is 0.464 e. The number of methoxy groups -OCH3 is 1. The number of esters is 1. The van der Waals surface area contributed by atoms with Gasteiger partial charge in [-0.15, -0.1) is 0 Å². The molecule has 2 N–H and O–H groups in total. The zero-order chi connectivity index (χ0) is 13.6. The maximum Gasteiger partial charge on any atom is 0.360 e. The molecule has 1 aromatic heterocycles. The second kappa shape index (κ2) is 4.52. The third-order valence-corrected chi connectivity index (χ3v) is 4.12. The van der Waals surface area contributed by atoms with E-state index in [1.165, 1.54) is 7.11 Å². The van der Waals surface area contributed by atoms with E-state index in [0.717, 1.165) is 31.5 Å². The average Bonchev–Trinajstić information content (AvgIpc) is 3.10. The van der Waals surface area contributed by atoms with Crippen molar-refractivity contribution in [3.8, 4) is 0 Å². The van der Waals surface area contributed by atoms with Crippen LogP contribution < -0.4 is 5.73 Å². The molecule has 0 aliphatic carbocycles. The minimum Gasteiger partial charge on any atom is -0.464 e. The molecular weight excluding hydrogens is 246 g/mol. The number of ether oxygens (including phenoxy) is 2. The van der Waals surface area contributed by atoms with E-state index in [1.807, 2.05) is 11.5 Å². The fraction of sp³-hybridized carbons (Fsp3) is 0.692. The van der Waals surface area contributed by atoms with Crippen molar-refractivity contribution >= 4 is 11.8 Å². The number of fused-ring (bicyclic) bond motifs is 2. The summed E-state index contributed by atoms with van der Waals surface area (Å²) >= 11 is 0. The van der Waals surface area contributed by atoms with Crippen LogP contribution >= 0.6 is 0 Å². The number of carbonyl (C=O) groups excluding carboxylic acids is 1. The summed E-state index contributed by atoms with van der Waals surface area (Å²) in [4.78, 5) is 16.0. The molecule has 6 heteroatoms. The van der Waals surface area contributed by atoms with Crippen LogP contribution in [0.15, 0.2) is 0 Å². The smallest absolute Gasteiger partial charge is 0.360 e. The average molecular weight is 265 g/mol. The van der Waals surface area contributed by atoms with Crippen molar-refractivity contribution < 1.29 is 14.3 Å². The molecule has 2 saturated heterocycles. The van der Waals surface area contributed by atoms with Gasteiger partial charge in [-0.3, -0.25) is 0 Å². The Balaban J connectivity index is 2.00. The van der Waals surface area contributed by atoms with Crippen molar-refractivity contribution in [1.82, 2.24) is 9.55 Å². The Morgan fingerprint density at radius 1 is 1.58 bits per heavy atom. The highest BCUT2D eigenvalue weighted by Gasteiger charge is 2.43. The van der Waals surface area contributed by atoms with Crippen LogP contribution in [0.4, 0.5) is 5.82 Å². The molecule has 0 amide bonds. The lowest BCUT2D eigenvalue weighted by Gasteiger charge is -2.23. The van der Waals surface area contributed by atoms with Gasteiger partial charge in [0.15, 0.2) is 5.69 Å². The molecular formula is C13H19N3O3. The van der Waals surface area contributed by atoms with Crippen molar-refractivity contribution in [3.05, 3.63) is 11.5 Å². The van der Waals surface area contributed by atoms with E-state index >= 15 is 0 Å². The number of aryl methyl sites for hydroxylation is 1. The predicted octanol–water partition coefficient (Wildman–Crippen LogP) is 1.31. The molecule has 0 saturated carbocycles. The van der Waals surface area contributed by atoms with E-state index in [4.69, 9.17) is 15.2 Å². The number of rotatable bonds is 3. The Labute approximate surface area is 111 Å². The van der Waals surface area contributed by atoms with Gasteiger partial charge < -0.3 is 19.8 Å². The molecule has 2 bridgehead atoms. The second-order valence-electron chi connectivity index (χ2n) is 5.15. The topological polar surface area (TPSA) is 79.4 Å². The molecule has 2 fully saturated rings. The molecule has 3 atom stereocenters. The van der Waals surface area contributed by atoms with E-state index in [2.05, 4.69) is 4.98 Å². The van der Waals surface area contributed by atoms with Crippen molar-refractivity contribution in [2.24, 2.45) is 0 Å². The monoisotopic (exact) mass is 265 g/mol. The number of hydrogen-bond acceptors (Lipinski definition) is 5. The van der Waals surface area contributed by atoms with Crippen LogP contribution in [-0.2, 0) is 15.9 Å². The fourth-order valence-corrected chi connectivity index (χ4v) is 3.24. The number of nitrogen functional groups attached to an aromatic ring is 1. The molecule has 0 aromatic carbocycles. The van der Waals surface area contributed by atoms with Crippen LogP contribution in [0.2, 0.25) is 0 Å². The first-order valence-corrected chi connectivity index (χ1v) is 6.76. The summed E-state index contributed by atoms with van der Waals surface area (Å²) in [6.07, 6.45) is 4.42. The molecule has 0 spiro atoms. The van der Waals surface area contributed by atoms with Gasteiger partial charge in [-0.1, -0.05) is 6.92 Å². The second-order valence-corrected chi connectivity index (χ2v) is 5.15. The third-order valence-electron chi connectivity index (χ3n) is 4.12. The van der Waals surface area contributed by atoms with Crippen LogP contribution in [-0.4, -0.2) is 34.8 Å². The first-order valence-electron chi connectivity index (χ1n) is 6.76. The van der Waals surface area contributed by atoms with Crippen LogP contribution in [0.5, 0.6) is 0 Å². The summed E-state index contributed by atoms with van der Waals surface area (Å²) in [6, 6.07) is 0.208. The normalized spacial score (nSPS) is 28.8. The predicted molar refractivity (Wildman–Crippen MR) is 68.9 cm³/mol. The zero-order valence-corrected chi connectivity index (χ0v) is 11.3. The lowest BCUT2D eigenvalue weighted by atomic mass is 9.95. The zero-order valence-electron chi connectivity index (χ0n) is 11.3. The summed E-state index contributed by atoms with van der Waals surface area (Å²) in [5.41, 5.74) is 6.34. The minimum atomic E-state index is -0.477. The molecule has 3 unspecified atom stereocenters. The number of carbonyl (C=O) groups is 1. The molecule has 2 aliphatic heterocycles. The highest BCUT2D eigenvalue weighted by atomic mass is 16.5. The quantitative estimate of drug-likeness (QED) is 0.833. The Kier molecular flexibility index (Phi) is 2.97. The maximum atomic E-state index is 11.7. The number of aromatic nitrogens is 2. The van der Waals surface area contributed by atoms with Gasteiger partial charge in [-0.2, -0.15) is 0 Å². The van der Waals surface area contributed by atoms with Gasteiger partial charge in [0, 0.05) is 6.42 Å². The van der Waals surface area contributed by atoms with Crippen LogP contribution in [0.3, 0.4) is 0 Å². The van der Waals surface area contributed by atoms with Gasteiger partial charge in [0.2, 0.25) is 0 Å². The van der Waals surface area contributed by atoms with Gasteiger partial charge in [0.05, 0.1) is 25.4 Å². The SMILES string of the molecule is CCc1nc(C(=O)OC)c(N)n1C1CC2CCC1O2. The summed E-state index contributed by atoms with van der Waals surface area (Å²) in [7, 11) is 1.34. The molecule has 104 valence electrons. The number of nitrogens with two attached hydrogens (primary N) is 1. The van der Waals surface area contributed by atoms with Gasteiger partial charge in [0.1, 0.15) is 11.6 Å². The lowest BCUT2D eigenvalue weighted by molar-refractivity contribution is 0.0595. The molecule has 2 aliphatic rings. The Hall–Kier alpha value is -1.56. The van der Waals surface area contributed by atoms with E-state index in [-0.39, 0.29) is 17.8 Å². The summed E-state index contributed by atoms with van der Waals surface area (Å²) in [5, 5.41) is 0. The minimum absolute atomic E-state index is 0.206. The summed E-state index contributed by atoms with van der Waals surface area (Å²) in [5.74, 6) is 0.763. The van der Waals surface area contributed by atoms with E-state index < -0.39 is 5.97 Å². The van der Waals surface area contributed by atoms with Crippen molar-refractivity contribution in [2.75, 3.05) is 12.8 Å². The molecule has 1 aromatic rings. The first-order chi connectivity index (χ1) is 9.15.